The van der Waals surface area contributed by atoms with Gasteiger partial charge in [0.2, 0.25) is 5.91 Å². The van der Waals surface area contributed by atoms with Crippen LogP contribution in [0.3, 0.4) is 0 Å². The molecule has 2 aliphatic rings. The fraction of sp³-hybridized carbons (Fsp3) is 0.361. The highest BCUT2D eigenvalue weighted by Crippen LogP contribution is 2.33. The van der Waals surface area contributed by atoms with Crippen molar-refractivity contribution in [2.24, 2.45) is 5.92 Å². The maximum atomic E-state index is 14.6. The van der Waals surface area contributed by atoms with Gasteiger partial charge in [0.25, 0.3) is 0 Å². The quantitative estimate of drug-likeness (QED) is 0.225. The molecule has 1 unspecified atom stereocenters. The lowest BCUT2D eigenvalue weighted by atomic mass is 9.91. The number of amides is 3. The number of imidazole rings is 1. The van der Waals surface area contributed by atoms with Gasteiger partial charge in [-0.1, -0.05) is 41.9 Å². The molecule has 1 fully saturated rings. The first-order valence-corrected chi connectivity index (χ1v) is 16.7. The molecule has 0 aliphatic carbocycles. The van der Waals surface area contributed by atoms with Crippen molar-refractivity contribution in [3.8, 4) is 0 Å². The number of hydrogen-bond donors (Lipinski definition) is 3. The summed E-state index contributed by atoms with van der Waals surface area (Å²) in [6.45, 7) is 2.33. The van der Waals surface area contributed by atoms with Crippen LogP contribution < -0.4 is 15.9 Å². The van der Waals surface area contributed by atoms with Crippen LogP contribution in [0.2, 0.25) is 5.02 Å². The Kier molecular flexibility index (Phi) is 8.55. The topological polar surface area (TPSA) is 109 Å². The molecule has 2 aromatic heterocycles. The number of benzene rings is 3. The first-order chi connectivity index (χ1) is 22.7. The van der Waals surface area contributed by atoms with Crippen LogP contribution in [0.15, 0.2) is 77.7 Å². The Bertz CT molecular complexity index is 1990. The molecule has 10 nitrogen and oxygen atoms in total. The Morgan fingerprint density at radius 1 is 1.02 bits per heavy atom. The van der Waals surface area contributed by atoms with Gasteiger partial charge < -0.3 is 30.0 Å². The Labute approximate surface area is 278 Å². The highest BCUT2D eigenvalue weighted by molar-refractivity contribution is 6.30. The van der Waals surface area contributed by atoms with Crippen molar-refractivity contribution >= 4 is 51.2 Å². The van der Waals surface area contributed by atoms with Crippen LogP contribution >= 0.6 is 11.6 Å². The minimum Gasteiger partial charge on any atom is -0.361 e. The summed E-state index contributed by atoms with van der Waals surface area (Å²) in [5, 5.41) is 4.82. The Morgan fingerprint density at radius 2 is 1.77 bits per heavy atom. The zero-order chi connectivity index (χ0) is 32.7. The van der Waals surface area contributed by atoms with E-state index in [1.165, 1.54) is 0 Å². The molecule has 2 aliphatic heterocycles. The van der Waals surface area contributed by atoms with Crippen LogP contribution in [-0.2, 0) is 17.6 Å². The van der Waals surface area contributed by atoms with Gasteiger partial charge in [-0.15, -0.1) is 0 Å². The van der Waals surface area contributed by atoms with Gasteiger partial charge in [0.15, 0.2) is 0 Å². The van der Waals surface area contributed by atoms with Crippen molar-refractivity contribution < 1.29 is 9.59 Å². The van der Waals surface area contributed by atoms with Crippen LogP contribution in [0.1, 0.15) is 30.0 Å². The highest BCUT2D eigenvalue weighted by atomic mass is 35.5. The minimum absolute atomic E-state index is 0.0170. The van der Waals surface area contributed by atoms with Crippen molar-refractivity contribution in [3.63, 3.8) is 0 Å². The van der Waals surface area contributed by atoms with Crippen LogP contribution in [0, 0.1) is 5.92 Å². The number of para-hydroxylation sites is 3. The molecule has 1 saturated heterocycles. The second kappa shape index (κ2) is 12.9. The van der Waals surface area contributed by atoms with Gasteiger partial charge in [0.1, 0.15) is 6.04 Å². The Balaban J connectivity index is 1.14. The lowest BCUT2D eigenvalue weighted by Crippen LogP contribution is -2.56. The number of halogens is 1. The SMILES string of the molecule is CN(C)C[C@@H]1Cc2cc(Cl)ccc2N(C(=O)C(Cc2c[nH]c3ccccc23)NC(=O)N2CCC(n3c(=O)[nH]c4ccccc43)CC2)C1. The molecule has 2 atom stereocenters. The lowest BCUT2D eigenvalue weighted by molar-refractivity contribution is -0.120. The summed E-state index contributed by atoms with van der Waals surface area (Å²) < 4.78 is 1.82. The van der Waals surface area contributed by atoms with Crippen LogP contribution in [0.5, 0.6) is 0 Å². The molecule has 3 aromatic carbocycles. The molecule has 0 bridgehead atoms. The number of rotatable bonds is 7. The first-order valence-electron chi connectivity index (χ1n) is 16.3. The molecule has 0 radical (unpaired) electrons. The Hall–Kier alpha value is -4.54. The van der Waals surface area contributed by atoms with E-state index in [-0.39, 0.29) is 29.6 Å². The third-order valence-electron chi connectivity index (χ3n) is 9.61. The average molecular weight is 654 g/mol. The molecule has 3 N–H and O–H groups in total. The van der Waals surface area contributed by atoms with Gasteiger partial charge in [-0.05, 0) is 86.8 Å². The monoisotopic (exact) mass is 653 g/mol. The van der Waals surface area contributed by atoms with Gasteiger partial charge in [0, 0.05) is 66.5 Å². The molecular weight excluding hydrogens is 614 g/mol. The summed E-state index contributed by atoms with van der Waals surface area (Å²) in [5.74, 6) is 0.0761. The fourth-order valence-electron chi connectivity index (χ4n) is 7.47. The molecule has 0 spiro atoms. The maximum Gasteiger partial charge on any atom is 0.326 e. The summed E-state index contributed by atoms with van der Waals surface area (Å²) in [4.78, 5) is 53.4. The van der Waals surface area contributed by atoms with E-state index in [4.69, 9.17) is 11.6 Å². The molecule has 244 valence electrons. The van der Waals surface area contributed by atoms with E-state index >= 15 is 0 Å². The van der Waals surface area contributed by atoms with E-state index in [0.717, 1.165) is 51.7 Å². The number of likely N-dealkylation sites (tertiary alicyclic amines) is 1. The fourth-order valence-corrected chi connectivity index (χ4v) is 7.67. The summed E-state index contributed by atoms with van der Waals surface area (Å²) >= 11 is 6.40. The van der Waals surface area contributed by atoms with Gasteiger partial charge in [0.05, 0.1) is 11.0 Å². The maximum absolute atomic E-state index is 14.6. The molecule has 7 rings (SSSR count). The predicted molar refractivity (Wildman–Crippen MR) is 186 cm³/mol. The van der Waals surface area contributed by atoms with Crippen molar-refractivity contribution in [3.05, 3.63) is 99.6 Å². The van der Waals surface area contributed by atoms with Crippen molar-refractivity contribution in [2.45, 2.75) is 37.8 Å². The van der Waals surface area contributed by atoms with E-state index in [9.17, 15) is 14.4 Å². The number of anilines is 1. The third-order valence-corrected chi connectivity index (χ3v) is 9.84. The summed E-state index contributed by atoms with van der Waals surface area (Å²) in [5.41, 5.74) is 5.39. The van der Waals surface area contributed by atoms with Crippen LogP contribution in [-0.4, -0.2) is 82.6 Å². The zero-order valence-corrected chi connectivity index (χ0v) is 27.5. The van der Waals surface area contributed by atoms with Crippen LogP contribution in [0.4, 0.5) is 10.5 Å². The van der Waals surface area contributed by atoms with Gasteiger partial charge in [-0.25, -0.2) is 9.59 Å². The number of H-pyrrole nitrogens is 2. The molecule has 11 heteroatoms. The minimum atomic E-state index is -0.794. The number of nitrogens with zero attached hydrogens (tertiary/aromatic N) is 4. The van der Waals surface area contributed by atoms with Crippen LogP contribution in [0.25, 0.3) is 21.9 Å². The molecule has 47 heavy (non-hydrogen) atoms. The highest BCUT2D eigenvalue weighted by Gasteiger charge is 2.35. The number of carbonyl (C=O) groups is 2. The number of nitrogens with one attached hydrogen (secondary N) is 3. The predicted octanol–water partition coefficient (Wildman–Crippen LogP) is 5.19. The smallest absolute Gasteiger partial charge is 0.326 e. The number of fused-ring (bicyclic) bond motifs is 3. The largest absolute Gasteiger partial charge is 0.361 e. The molecule has 0 saturated carbocycles. The zero-order valence-electron chi connectivity index (χ0n) is 26.7. The lowest BCUT2D eigenvalue weighted by Gasteiger charge is -2.38. The van der Waals surface area contributed by atoms with E-state index in [1.54, 1.807) is 4.90 Å². The number of carbonyl (C=O) groups excluding carboxylic acids is 2. The summed E-state index contributed by atoms with van der Waals surface area (Å²) in [6.07, 6.45) is 4.38. The number of aromatic amines is 2. The molecular formula is C36H40ClN7O3. The first kappa shape index (κ1) is 31.1. The molecule has 5 aromatic rings. The normalized spacial score (nSPS) is 17.7. The molecule has 4 heterocycles. The number of hydrogen-bond acceptors (Lipinski definition) is 4. The standard InChI is InChI=1S/C36H40ClN7O3/c1-41(2)21-23-17-24-18-26(37)11-12-32(24)43(22-23)34(45)31(19-25-20-38-29-8-4-3-7-28(25)29)40-35(46)42-15-13-27(14-16-42)44-33-10-6-5-9-30(33)39-36(44)47/h3-12,18,20,23,27,31,38H,13-17,19,21-22H2,1-2H3,(H,39,47)(H,40,46)/t23-,31?/m0/s1. The number of aromatic nitrogens is 3. The second-order valence-corrected chi connectivity index (χ2v) is 13.6. The van der Waals surface area contributed by atoms with E-state index in [2.05, 4.69) is 20.2 Å². The van der Waals surface area contributed by atoms with Crippen molar-refractivity contribution in [1.82, 2.24) is 29.7 Å². The third kappa shape index (κ3) is 6.27. The van der Waals surface area contributed by atoms with Crippen molar-refractivity contribution in [1.29, 1.82) is 0 Å². The van der Waals surface area contributed by atoms with Gasteiger partial charge >= 0.3 is 11.7 Å². The summed E-state index contributed by atoms with van der Waals surface area (Å²) in [7, 11) is 4.08. The van der Waals surface area contributed by atoms with E-state index < -0.39 is 6.04 Å². The second-order valence-electron chi connectivity index (χ2n) is 13.2. The van der Waals surface area contributed by atoms with E-state index in [0.29, 0.717) is 43.9 Å². The summed E-state index contributed by atoms with van der Waals surface area (Å²) in [6, 6.07) is 20.3. The van der Waals surface area contributed by atoms with E-state index in [1.807, 2.05) is 96.5 Å². The van der Waals surface area contributed by atoms with Gasteiger partial charge in [-0.3, -0.25) is 9.36 Å². The number of piperidine rings is 1. The van der Waals surface area contributed by atoms with Crippen molar-refractivity contribution in [2.75, 3.05) is 45.2 Å². The average Bonchev–Trinajstić information content (AvgIpc) is 3.63. The Morgan fingerprint density at radius 3 is 2.55 bits per heavy atom. The van der Waals surface area contributed by atoms with Gasteiger partial charge in [-0.2, -0.15) is 0 Å². The molecule has 3 amide bonds. The number of urea groups is 1.